The van der Waals surface area contributed by atoms with Crippen molar-refractivity contribution in [3.8, 4) is 5.88 Å². The number of nitrogens with two attached hydrogens (primary N) is 1. The van der Waals surface area contributed by atoms with Gasteiger partial charge in [-0.3, -0.25) is 4.79 Å². The third-order valence-corrected chi connectivity index (χ3v) is 6.23. The summed E-state index contributed by atoms with van der Waals surface area (Å²) in [4.78, 5) is 15.4. The second-order valence-electron chi connectivity index (χ2n) is 6.29. The number of aromatic nitrogens is 1. The Bertz CT molecular complexity index is 889. The number of hydrogen-bond donors (Lipinski definition) is 1. The fourth-order valence-electron chi connectivity index (χ4n) is 2.88. The molecular weight excluding hydrogens is 354 g/mol. The van der Waals surface area contributed by atoms with Gasteiger partial charge in [0.25, 0.3) is 0 Å². The summed E-state index contributed by atoms with van der Waals surface area (Å²) >= 11 is 0. The number of benzene rings is 1. The first-order chi connectivity index (χ1) is 12.4. The van der Waals surface area contributed by atoms with Gasteiger partial charge in [-0.15, -0.1) is 0 Å². The van der Waals surface area contributed by atoms with Crippen LogP contribution in [0.4, 0.5) is 0 Å². The Hall–Kier alpha value is -2.45. The number of sulfonamides is 1. The first-order valence-electron chi connectivity index (χ1n) is 8.35. The molecule has 2 aromatic rings. The van der Waals surface area contributed by atoms with Crippen molar-refractivity contribution in [2.75, 3.05) is 13.1 Å². The van der Waals surface area contributed by atoms with E-state index in [2.05, 4.69) is 4.98 Å². The zero-order valence-corrected chi connectivity index (χ0v) is 15.3. The van der Waals surface area contributed by atoms with Gasteiger partial charge in [0, 0.05) is 25.4 Å². The lowest BCUT2D eigenvalue weighted by molar-refractivity contribution is 0.0999. The third kappa shape index (κ3) is 4.03. The molecule has 26 heavy (non-hydrogen) atoms. The molecule has 1 aromatic heterocycles. The number of ether oxygens (including phenoxy) is 1. The first-order valence-corrected chi connectivity index (χ1v) is 9.79. The molecule has 3 rings (SSSR count). The lowest BCUT2D eigenvalue weighted by Crippen LogP contribution is -2.41. The van der Waals surface area contributed by atoms with Gasteiger partial charge in [0.2, 0.25) is 21.8 Å². The summed E-state index contributed by atoms with van der Waals surface area (Å²) in [7, 11) is -3.49. The van der Waals surface area contributed by atoms with Crippen molar-refractivity contribution in [1.29, 1.82) is 0 Å². The largest absolute Gasteiger partial charge is 0.474 e. The van der Waals surface area contributed by atoms with Crippen LogP contribution < -0.4 is 10.5 Å². The number of carbonyl (C=O) groups excluding carboxylic acids is 1. The van der Waals surface area contributed by atoms with Gasteiger partial charge in [-0.2, -0.15) is 4.31 Å². The van der Waals surface area contributed by atoms with Crippen LogP contribution >= 0.6 is 0 Å². The molecule has 138 valence electrons. The summed E-state index contributed by atoms with van der Waals surface area (Å²) in [6.07, 6.45) is 2.40. The van der Waals surface area contributed by atoms with Crippen LogP contribution in [0.1, 0.15) is 28.8 Å². The van der Waals surface area contributed by atoms with Gasteiger partial charge in [0.1, 0.15) is 6.10 Å². The predicted octanol–water partition coefficient (Wildman–Crippen LogP) is 1.72. The molecule has 0 radical (unpaired) electrons. The van der Waals surface area contributed by atoms with Crippen molar-refractivity contribution in [1.82, 2.24) is 9.29 Å². The highest BCUT2D eigenvalue weighted by Crippen LogP contribution is 2.23. The topological polar surface area (TPSA) is 103 Å². The molecule has 1 aliphatic rings. The Labute approximate surface area is 152 Å². The number of primary amides is 1. The minimum absolute atomic E-state index is 0.120. The maximum absolute atomic E-state index is 12.7. The van der Waals surface area contributed by atoms with E-state index in [9.17, 15) is 13.2 Å². The van der Waals surface area contributed by atoms with Crippen molar-refractivity contribution >= 4 is 15.9 Å². The molecule has 0 saturated carbocycles. The summed E-state index contributed by atoms with van der Waals surface area (Å²) < 4.78 is 32.8. The van der Waals surface area contributed by atoms with Crippen molar-refractivity contribution in [3.05, 3.63) is 53.7 Å². The van der Waals surface area contributed by atoms with Crippen LogP contribution in [0.2, 0.25) is 0 Å². The minimum Gasteiger partial charge on any atom is -0.474 e. The van der Waals surface area contributed by atoms with E-state index in [4.69, 9.17) is 10.5 Å². The maximum Gasteiger partial charge on any atom is 0.250 e. The normalized spacial score (nSPS) is 16.3. The van der Waals surface area contributed by atoms with Crippen molar-refractivity contribution in [2.24, 2.45) is 5.73 Å². The van der Waals surface area contributed by atoms with E-state index in [1.165, 1.54) is 10.5 Å². The van der Waals surface area contributed by atoms with Crippen LogP contribution in [0, 0.1) is 6.92 Å². The van der Waals surface area contributed by atoms with E-state index >= 15 is 0 Å². The van der Waals surface area contributed by atoms with Gasteiger partial charge in [0.15, 0.2) is 0 Å². The SMILES string of the molecule is Cc1cccc(S(=O)(=O)N2CCC(Oc3ccc(C(N)=O)cn3)CC2)c1. The highest BCUT2D eigenvalue weighted by atomic mass is 32.2. The molecule has 0 spiro atoms. The van der Waals surface area contributed by atoms with E-state index in [1.807, 2.05) is 13.0 Å². The number of pyridine rings is 1. The number of amides is 1. The number of hydrogen-bond acceptors (Lipinski definition) is 5. The first kappa shape index (κ1) is 18.3. The Kier molecular flexibility index (Phi) is 5.24. The zero-order chi connectivity index (χ0) is 18.7. The molecule has 0 aliphatic carbocycles. The smallest absolute Gasteiger partial charge is 0.250 e. The third-order valence-electron chi connectivity index (χ3n) is 4.34. The van der Waals surface area contributed by atoms with Crippen LogP contribution in [-0.4, -0.2) is 42.8 Å². The summed E-state index contributed by atoms with van der Waals surface area (Å²) in [5, 5.41) is 0. The van der Waals surface area contributed by atoms with Crippen LogP contribution in [-0.2, 0) is 10.0 Å². The van der Waals surface area contributed by atoms with Crippen LogP contribution in [0.5, 0.6) is 5.88 Å². The van der Waals surface area contributed by atoms with Gasteiger partial charge in [-0.1, -0.05) is 12.1 Å². The van der Waals surface area contributed by atoms with Gasteiger partial charge in [-0.25, -0.2) is 13.4 Å². The van der Waals surface area contributed by atoms with E-state index in [0.29, 0.717) is 42.3 Å². The van der Waals surface area contributed by atoms with Gasteiger partial charge in [0.05, 0.1) is 10.5 Å². The van der Waals surface area contributed by atoms with E-state index in [-0.39, 0.29) is 6.10 Å². The molecule has 1 aromatic carbocycles. The standard InChI is InChI=1S/C18H21N3O4S/c1-13-3-2-4-16(11-13)26(23,24)21-9-7-15(8-10-21)25-17-6-5-14(12-20-17)18(19)22/h2-6,11-12,15H,7-10H2,1H3,(H2,19,22). The monoisotopic (exact) mass is 375 g/mol. The number of piperidine rings is 1. The Morgan fingerprint density at radius 3 is 2.54 bits per heavy atom. The second kappa shape index (κ2) is 7.43. The number of aryl methyl sites for hydroxylation is 1. The fraction of sp³-hybridized carbons (Fsp3) is 0.333. The quantitative estimate of drug-likeness (QED) is 0.857. The van der Waals surface area contributed by atoms with Crippen LogP contribution in [0.25, 0.3) is 0 Å². The van der Waals surface area contributed by atoms with Gasteiger partial charge in [-0.05, 0) is 43.5 Å². The molecule has 8 heteroatoms. The van der Waals surface area contributed by atoms with Gasteiger partial charge >= 0.3 is 0 Å². The molecule has 1 fully saturated rings. The highest BCUT2D eigenvalue weighted by molar-refractivity contribution is 7.89. The molecule has 0 unspecified atom stereocenters. The molecule has 2 heterocycles. The average molecular weight is 375 g/mol. The van der Waals surface area contributed by atoms with Crippen LogP contribution in [0.15, 0.2) is 47.5 Å². The summed E-state index contributed by atoms with van der Waals surface area (Å²) in [6, 6.07) is 10.1. The molecule has 2 N–H and O–H groups in total. The summed E-state index contributed by atoms with van der Waals surface area (Å²) in [5.74, 6) is -0.145. The molecule has 1 saturated heterocycles. The minimum atomic E-state index is -3.49. The van der Waals surface area contributed by atoms with Crippen molar-refractivity contribution in [2.45, 2.75) is 30.8 Å². The lowest BCUT2D eigenvalue weighted by Gasteiger charge is -2.31. The second-order valence-corrected chi connectivity index (χ2v) is 8.23. The summed E-state index contributed by atoms with van der Waals surface area (Å²) in [5.41, 5.74) is 6.41. The van der Waals surface area contributed by atoms with Crippen molar-refractivity contribution in [3.63, 3.8) is 0 Å². The van der Waals surface area contributed by atoms with Crippen LogP contribution in [0.3, 0.4) is 0 Å². The molecular formula is C18H21N3O4S. The number of rotatable bonds is 5. The molecule has 1 amide bonds. The average Bonchev–Trinajstić information content (AvgIpc) is 2.62. The zero-order valence-electron chi connectivity index (χ0n) is 14.5. The Morgan fingerprint density at radius 2 is 1.96 bits per heavy atom. The van der Waals surface area contributed by atoms with Crippen molar-refractivity contribution < 1.29 is 17.9 Å². The van der Waals surface area contributed by atoms with E-state index in [1.54, 1.807) is 30.3 Å². The molecule has 1 aliphatic heterocycles. The molecule has 0 bridgehead atoms. The lowest BCUT2D eigenvalue weighted by atomic mass is 10.1. The van der Waals surface area contributed by atoms with E-state index < -0.39 is 15.9 Å². The number of nitrogens with zero attached hydrogens (tertiary/aromatic N) is 2. The van der Waals surface area contributed by atoms with Gasteiger partial charge < -0.3 is 10.5 Å². The fourth-order valence-corrected chi connectivity index (χ4v) is 4.46. The highest BCUT2D eigenvalue weighted by Gasteiger charge is 2.30. The Balaban J connectivity index is 1.61. The summed E-state index contributed by atoms with van der Waals surface area (Å²) in [6.45, 7) is 2.65. The predicted molar refractivity (Wildman–Crippen MR) is 96.3 cm³/mol. The number of carbonyl (C=O) groups is 1. The Morgan fingerprint density at radius 1 is 1.23 bits per heavy atom. The molecule has 7 nitrogen and oxygen atoms in total. The van der Waals surface area contributed by atoms with E-state index in [0.717, 1.165) is 5.56 Å². The maximum atomic E-state index is 12.7. The molecule has 0 atom stereocenters.